The molecule has 13 heteroatoms. The highest BCUT2D eigenvalue weighted by atomic mass is 16.6. The molecule has 2 fully saturated rings. The number of nitrogens with zero attached hydrogens (tertiary/aromatic N) is 3. The molecule has 0 radical (unpaired) electrons. The molecule has 1 saturated carbocycles. The van der Waals surface area contributed by atoms with Crippen molar-refractivity contribution < 1.29 is 43.7 Å². The van der Waals surface area contributed by atoms with Gasteiger partial charge in [0.2, 0.25) is 5.91 Å². The highest BCUT2D eigenvalue weighted by Gasteiger charge is 2.34. The van der Waals surface area contributed by atoms with Crippen molar-refractivity contribution in [3.05, 3.63) is 35.5 Å². The molecule has 1 aromatic heterocycles. The van der Waals surface area contributed by atoms with Gasteiger partial charge in [-0.25, -0.2) is 14.6 Å². The van der Waals surface area contributed by atoms with Crippen molar-refractivity contribution in [1.29, 1.82) is 0 Å². The van der Waals surface area contributed by atoms with Crippen LogP contribution in [0.15, 0.2) is 24.3 Å². The van der Waals surface area contributed by atoms with E-state index in [2.05, 4.69) is 10.3 Å². The molecule has 13 nitrogen and oxygen atoms in total. The number of hydrogen-bond acceptors (Lipinski definition) is 8. The van der Waals surface area contributed by atoms with Crippen molar-refractivity contribution >= 4 is 40.7 Å². The van der Waals surface area contributed by atoms with Gasteiger partial charge in [-0.3, -0.25) is 14.4 Å². The van der Waals surface area contributed by atoms with Crippen LogP contribution in [0.3, 0.4) is 0 Å². The summed E-state index contributed by atoms with van der Waals surface area (Å²) in [4.78, 5) is 70.2. The normalized spacial score (nSPS) is 17.0. The number of pyridine rings is 1. The maximum atomic E-state index is 13.6. The molecule has 1 aromatic carbocycles. The number of hydrogen-bond donors (Lipinski definition) is 3. The summed E-state index contributed by atoms with van der Waals surface area (Å²) in [5.41, 5.74) is 1.20. The second kappa shape index (κ2) is 14.8. The summed E-state index contributed by atoms with van der Waals surface area (Å²) in [6.07, 6.45) is 2.26. The van der Waals surface area contributed by atoms with Crippen LogP contribution >= 0.6 is 0 Å². The first-order valence-corrected chi connectivity index (χ1v) is 15.1. The molecule has 2 unspecified atom stereocenters. The van der Waals surface area contributed by atoms with E-state index in [-0.39, 0.29) is 63.0 Å². The fourth-order valence-electron chi connectivity index (χ4n) is 5.74. The van der Waals surface area contributed by atoms with Gasteiger partial charge in [-0.1, -0.05) is 25.3 Å². The van der Waals surface area contributed by atoms with E-state index in [0.29, 0.717) is 10.9 Å². The second-order valence-corrected chi connectivity index (χ2v) is 11.3. The fourth-order valence-corrected chi connectivity index (χ4v) is 5.74. The van der Waals surface area contributed by atoms with Crippen LogP contribution < -0.4 is 10.1 Å². The van der Waals surface area contributed by atoms with Crippen molar-refractivity contribution in [3.8, 4) is 5.75 Å². The summed E-state index contributed by atoms with van der Waals surface area (Å²) >= 11 is 0. The molecule has 3 amide bonds. The van der Waals surface area contributed by atoms with Crippen LogP contribution in [0.25, 0.3) is 10.9 Å². The van der Waals surface area contributed by atoms with Crippen molar-refractivity contribution in [3.63, 3.8) is 0 Å². The monoisotopic (exact) mass is 612 g/mol. The molecule has 1 aliphatic heterocycles. The highest BCUT2D eigenvalue weighted by Crippen LogP contribution is 2.33. The third-order valence-corrected chi connectivity index (χ3v) is 8.10. The molecular formula is C31H40N4O9. The summed E-state index contributed by atoms with van der Waals surface area (Å²) in [6, 6.07) is 5.58. The van der Waals surface area contributed by atoms with Crippen LogP contribution in [0.5, 0.6) is 5.75 Å². The summed E-state index contributed by atoms with van der Waals surface area (Å²) in [5.74, 6) is -3.38. The van der Waals surface area contributed by atoms with Gasteiger partial charge in [0.1, 0.15) is 17.5 Å². The van der Waals surface area contributed by atoms with Crippen molar-refractivity contribution in [2.75, 3.05) is 32.8 Å². The summed E-state index contributed by atoms with van der Waals surface area (Å²) < 4.78 is 11.1. The number of piperazine rings is 1. The molecule has 2 aliphatic rings. The highest BCUT2D eigenvalue weighted by molar-refractivity contribution is 5.99. The Morgan fingerprint density at radius 3 is 2.32 bits per heavy atom. The zero-order valence-electron chi connectivity index (χ0n) is 25.1. The van der Waals surface area contributed by atoms with E-state index < -0.39 is 42.0 Å². The lowest BCUT2D eigenvalue weighted by molar-refractivity contribution is -0.148. The second-order valence-electron chi connectivity index (χ2n) is 11.3. The van der Waals surface area contributed by atoms with Crippen molar-refractivity contribution in [1.82, 2.24) is 20.1 Å². The lowest BCUT2D eigenvalue weighted by Gasteiger charge is -2.35. The van der Waals surface area contributed by atoms with Crippen LogP contribution in [0.4, 0.5) is 4.79 Å². The minimum Gasteiger partial charge on any atom is -0.481 e. The molecule has 1 aliphatic carbocycles. The van der Waals surface area contributed by atoms with Crippen LogP contribution in [-0.4, -0.2) is 99.8 Å². The van der Waals surface area contributed by atoms with Crippen molar-refractivity contribution in [2.24, 2.45) is 5.92 Å². The summed E-state index contributed by atoms with van der Waals surface area (Å²) in [7, 11) is 0. The average molecular weight is 613 g/mol. The predicted octanol–water partition coefficient (Wildman–Crippen LogP) is 3.22. The van der Waals surface area contributed by atoms with E-state index in [1.165, 1.54) is 15.9 Å². The Kier molecular flexibility index (Phi) is 11.0. The molecule has 1 saturated heterocycles. The molecule has 2 atom stereocenters. The molecule has 238 valence electrons. The zero-order chi connectivity index (χ0) is 31.8. The van der Waals surface area contributed by atoms with Gasteiger partial charge in [-0.15, -0.1) is 0 Å². The van der Waals surface area contributed by atoms with Gasteiger partial charge >= 0.3 is 18.0 Å². The Morgan fingerprint density at radius 2 is 1.68 bits per heavy atom. The number of carboxylic acid groups (broad SMARTS) is 2. The number of carboxylic acids is 2. The summed E-state index contributed by atoms with van der Waals surface area (Å²) in [5, 5.41) is 22.5. The fraction of sp³-hybridized carbons (Fsp3) is 0.548. The smallest absolute Gasteiger partial charge is 0.409 e. The van der Waals surface area contributed by atoms with Gasteiger partial charge in [0, 0.05) is 50.0 Å². The van der Waals surface area contributed by atoms with E-state index in [4.69, 9.17) is 9.47 Å². The number of ether oxygens (including phenoxy) is 2. The number of benzene rings is 1. The summed E-state index contributed by atoms with van der Waals surface area (Å²) in [6.45, 7) is 4.66. The van der Waals surface area contributed by atoms with E-state index >= 15 is 0 Å². The molecule has 3 N–H and O–H groups in total. The van der Waals surface area contributed by atoms with Crippen molar-refractivity contribution in [2.45, 2.75) is 70.9 Å². The Labute approximate surface area is 255 Å². The third kappa shape index (κ3) is 8.14. The first-order valence-electron chi connectivity index (χ1n) is 15.1. The zero-order valence-corrected chi connectivity index (χ0v) is 25.1. The number of carbonyl (C=O) groups is 5. The third-order valence-electron chi connectivity index (χ3n) is 8.10. The van der Waals surface area contributed by atoms with Gasteiger partial charge in [0.15, 0.2) is 6.10 Å². The molecule has 2 heterocycles. The lowest BCUT2D eigenvalue weighted by atomic mass is 9.85. The van der Waals surface area contributed by atoms with Gasteiger partial charge in [0.05, 0.1) is 12.1 Å². The number of nitrogens with one attached hydrogen (secondary N) is 1. The topological polar surface area (TPSA) is 176 Å². The van der Waals surface area contributed by atoms with E-state index in [9.17, 15) is 34.2 Å². The Balaban J connectivity index is 1.57. The maximum absolute atomic E-state index is 13.6. The van der Waals surface area contributed by atoms with Crippen LogP contribution in [0.1, 0.15) is 67.9 Å². The number of aromatic nitrogens is 1. The molecular weight excluding hydrogens is 572 g/mol. The predicted molar refractivity (Wildman–Crippen MR) is 158 cm³/mol. The quantitative estimate of drug-likeness (QED) is 0.342. The molecule has 44 heavy (non-hydrogen) atoms. The Bertz CT molecular complexity index is 1380. The average Bonchev–Trinajstić information content (AvgIpc) is 3.01. The van der Waals surface area contributed by atoms with Crippen LogP contribution in [-0.2, 0) is 19.1 Å². The van der Waals surface area contributed by atoms with Gasteiger partial charge in [0.25, 0.3) is 5.91 Å². The number of fused-ring (bicyclic) bond motifs is 1. The number of rotatable bonds is 11. The molecule has 0 bridgehead atoms. The van der Waals surface area contributed by atoms with Crippen LogP contribution in [0, 0.1) is 12.8 Å². The van der Waals surface area contributed by atoms with E-state index in [1.54, 1.807) is 19.1 Å². The standard InChI is InChI=1S/C31H40N4O9/c1-3-43-31(42)35-15-13-34(14-16-35)29(39)22(11-12-26(36)37)33-28(38)24-18-25(21-10-9-19(2)17-23(21)32-24)44-27(30(40)41)20-7-5-4-6-8-20/h9-10,17-18,20,22,27H,3-8,11-16H2,1-2H3,(H,33,38)(H,36,37)(H,40,41). The first-order chi connectivity index (χ1) is 21.1. The molecule has 2 aromatic rings. The largest absolute Gasteiger partial charge is 0.481 e. The Morgan fingerprint density at radius 1 is 1.00 bits per heavy atom. The SMILES string of the molecule is CCOC(=O)N1CCN(C(=O)C(CCC(=O)O)NC(=O)c2cc(OC(C(=O)O)C3CCCCC3)c3ccc(C)cc3n2)CC1. The minimum atomic E-state index is -1.17. The van der Waals surface area contributed by atoms with E-state index in [0.717, 1.165) is 37.7 Å². The number of amides is 3. The van der Waals surface area contributed by atoms with Gasteiger partial charge in [-0.2, -0.15) is 0 Å². The minimum absolute atomic E-state index is 0.0915. The molecule has 4 rings (SSSR count). The Hall–Kier alpha value is -4.42. The number of aliphatic carboxylic acids is 2. The lowest BCUT2D eigenvalue weighted by Crippen LogP contribution is -2.56. The van der Waals surface area contributed by atoms with E-state index in [1.807, 2.05) is 13.0 Å². The first kappa shape index (κ1) is 32.5. The number of carbonyl (C=O) groups excluding carboxylic acids is 3. The maximum Gasteiger partial charge on any atom is 0.409 e. The van der Waals surface area contributed by atoms with Crippen LogP contribution in [0.2, 0.25) is 0 Å². The van der Waals surface area contributed by atoms with Gasteiger partial charge in [-0.05, 0) is 50.8 Å². The molecule has 0 spiro atoms. The van der Waals surface area contributed by atoms with Gasteiger partial charge < -0.3 is 34.8 Å². The number of aryl methyl sites for hydroxylation is 1.